The van der Waals surface area contributed by atoms with Crippen molar-refractivity contribution in [1.82, 2.24) is 24.8 Å². The number of fused-ring (bicyclic) bond motifs is 2. The molecule has 1 amide bonds. The lowest BCUT2D eigenvalue weighted by Crippen LogP contribution is -2.11. The molecule has 0 bridgehead atoms. The number of aromatic nitrogens is 5. The number of benzene rings is 2. The van der Waals surface area contributed by atoms with Crippen molar-refractivity contribution in [2.45, 2.75) is 0 Å². The molecule has 3 aromatic heterocycles. The van der Waals surface area contributed by atoms with Gasteiger partial charge in [-0.15, -0.1) is 10.2 Å². The van der Waals surface area contributed by atoms with Crippen LogP contribution in [0.3, 0.4) is 0 Å². The van der Waals surface area contributed by atoms with Crippen LogP contribution in [0.4, 0.5) is 5.69 Å². The summed E-state index contributed by atoms with van der Waals surface area (Å²) in [4.78, 5) is 17.0. The summed E-state index contributed by atoms with van der Waals surface area (Å²) in [5.41, 5.74) is 4.11. The third-order valence-electron chi connectivity index (χ3n) is 5.23. The average Bonchev–Trinajstić information content (AvgIpc) is 3.51. The lowest BCUT2D eigenvalue weighted by atomic mass is 10.1. The van der Waals surface area contributed by atoms with Gasteiger partial charge in [-0.05, 0) is 54.6 Å². The van der Waals surface area contributed by atoms with E-state index in [9.17, 15) is 4.79 Å². The molecule has 0 radical (unpaired) electrons. The highest BCUT2D eigenvalue weighted by Crippen LogP contribution is 2.32. The van der Waals surface area contributed by atoms with Gasteiger partial charge in [0.15, 0.2) is 17.1 Å². The number of hydrogen-bond acceptors (Lipinski definition) is 7. The molecular formula is C24H16N6O3. The molecule has 33 heavy (non-hydrogen) atoms. The lowest BCUT2D eigenvalue weighted by molar-refractivity contribution is 0.102. The van der Waals surface area contributed by atoms with Crippen molar-refractivity contribution < 1.29 is 14.3 Å². The Balaban J connectivity index is 1.24. The standard InChI is InChI=1S/C24H16N6O3/c31-24(16-6-10-20-21(13-16)33-14-32-20)26-17-7-4-15(5-8-17)18-9-11-22-27-28-23(30(22)29-18)19-3-1-2-12-25-19/h1-13H,14H2,(H,26,31). The van der Waals surface area contributed by atoms with Crippen molar-refractivity contribution in [1.29, 1.82) is 0 Å². The molecule has 2 aromatic carbocycles. The Morgan fingerprint density at radius 1 is 0.879 bits per heavy atom. The second-order valence-corrected chi connectivity index (χ2v) is 7.33. The van der Waals surface area contributed by atoms with E-state index in [1.807, 2.05) is 54.6 Å². The first kappa shape index (κ1) is 18.9. The Hall–Kier alpha value is -4.79. The molecule has 0 saturated carbocycles. The number of ether oxygens (including phenoxy) is 2. The number of rotatable bonds is 4. The van der Waals surface area contributed by atoms with Gasteiger partial charge in [-0.2, -0.15) is 9.61 Å². The Bertz CT molecular complexity index is 1480. The minimum Gasteiger partial charge on any atom is -0.454 e. The number of carbonyl (C=O) groups excluding carboxylic acids is 1. The summed E-state index contributed by atoms with van der Waals surface area (Å²) >= 11 is 0. The van der Waals surface area contributed by atoms with Crippen LogP contribution in [0.1, 0.15) is 10.4 Å². The quantitative estimate of drug-likeness (QED) is 0.457. The van der Waals surface area contributed by atoms with Gasteiger partial charge in [-0.3, -0.25) is 9.78 Å². The fourth-order valence-corrected chi connectivity index (χ4v) is 3.56. The number of nitrogens with zero attached hydrogens (tertiary/aromatic N) is 5. The van der Waals surface area contributed by atoms with E-state index in [0.29, 0.717) is 39.9 Å². The van der Waals surface area contributed by atoms with E-state index >= 15 is 0 Å². The topological polar surface area (TPSA) is 104 Å². The number of anilines is 1. The van der Waals surface area contributed by atoms with E-state index < -0.39 is 0 Å². The van der Waals surface area contributed by atoms with Gasteiger partial charge in [0.05, 0.1) is 5.69 Å². The molecule has 1 aliphatic rings. The molecule has 1 N–H and O–H groups in total. The molecule has 9 nitrogen and oxygen atoms in total. The van der Waals surface area contributed by atoms with Gasteiger partial charge in [0.25, 0.3) is 5.91 Å². The number of pyridine rings is 1. The molecule has 0 aliphatic carbocycles. The maximum Gasteiger partial charge on any atom is 0.255 e. The zero-order chi connectivity index (χ0) is 22.2. The van der Waals surface area contributed by atoms with Crippen LogP contribution in [0.5, 0.6) is 11.5 Å². The maximum atomic E-state index is 12.6. The minimum absolute atomic E-state index is 0.167. The van der Waals surface area contributed by atoms with E-state index in [4.69, 9.17) is 14.6 Å². The maximum absolute atomic E-state index is 12.6. The second-order valence-electron chi connectivity index (χ2n) is 7.33. The van der Waals surface area contributed by atoms with E-state index in [1.54, 1.807) is 28.9 Å². The van der Waals surface area contributed by atoms with E-state index in [1.165, 1.54) is 0 Å². The predicted molar refractivity (Wildman–Crippen MR) is 120 cm³/mol. The largest absolute Gasteiger partial charge is 0.454 e. The first-order chi connectivity index (χ1) is 16.2. The van der Waals surface area contributed by atoms with Gasteiger partial charge in [-0.1, -0.05) is 18.2 Å². The molecule has 0 atom stereocenters. The fourth-order valence-electron chi connectivity index (χ4n) is 3.56. The highest BCUT2D eigenvalue weighted by atomic mass is 16.7. The number of carbonyl (C=O) groups is 1. The van der Waals surface area contributed by atoms with Crippen molar-refractivity contribution >= 4 is 17.2 Å². The molecule has 0 unspecified atom stereocenters. The summed E-state index contributed by atoms with van der Waals surface area (Å²) < 4.78 is 12.3. The Morgan fingerprint density at radius 3 is 2.61 bits per heavy atom. The summed E-state index contributed by atoms with van der Waals surface area (Å²) in [7, 11) is 0. The average molecular weight is 436 g/mol. The molecule has 0 fully saturated rings. The third kappa shape index (κ3) is 3.51. The van der Waals surface area contributed by atoms with Crippen LogP contribution in [0.25, 0.3) is 28.4 Å². The Labute approximate surface area is 187 Å². The first-order valence-corrected chi connectivity index (χ1v) is 10.2. The minimum atomic E-state index is -0.231. The smallest absolute Gasteiger partial charge is 0.255 e. The molecular weight excluding hydrogens is 420 g/mol. The molecule has 0 saturated heterocycles. The molecule has 6 rings (SSSR count). The molecule has 4 heterocycles. The van der Waals surface area contributed by atoms with Crippen LogP contribution < -0.4 is 14.8 Å². The van der Waals surface area contributed by atoms with Gasteiger partial charge >= 0.3 is 0 Å². The highest BCUT2D eigenvalue weighted by molar-refractivity contribution is 6.04. The van der Waals surface area contributed by atoms with Crippen LogP contribution in [-0.2, 0) is 0 Å². The first-order valence-electron chi connectivity index (χ1n) is 10.2. The number of nitrogens with one attached hydrogen (secondary N) is 1. The summed E-state index contributed by atoms with van der Waals surface area (Å²) in [6, 6.07) is 21.9. The zero-order valence-corrected chi connectivity index (χ0v) is 17.2. The monoisotopic (exact) mass is 436 g/mol. The Morgan fingerprint density at radius 2 is 1.76 bits per heavy atom. The van der Waals surface area contributed by atoms with E-state index in [0.717, 1.165) is 11.3 Å². The predicted octanol–water partition coefficient (Wildman–Crippen LogP) is 3.83. The van der Waals surface area contributed by atoms with Gasteiger partial charge in [-0.25, -0.2) is 0 Å². The summed E-state index contributed by atoms with van der Waals surface area (Å²) in [5.74, 6) is 1.54. The normalized spacial score (nSPS) is 12.1. The highest BCUT2D eigenvalue weighted by Gasteiger charge is 2.16. The fraction of sp³-hybridized carbons (Fsp3) is 0.0417. The van der Waals surface area contributed by atoms with Crippen LogP contribution in [-0.4, -0.2) is 37.5 Å². The van der Waals surface area contributed by atoms with Crippen molar-refractivity contribution in [2.75, 3.05) is 12.1 Å². The van der Waals surface area contributed by atoms with Gasteiger partial charge in [0, 0.05) is 23.0 Å². The molecule has 0 spiro atoms. The van der Waals surface area contributed by atoms with Crippen molar-refractivity contribution in [3.05, 3.63) is 84.6 Å². The molecule has 5 aromatic rings. The Kier molecular flexibility index (Phi) is 4.43. The van der Waals surface area contributed by atoms with Crippen LogP contribution >= 0.6 is 0 Å². The molecule has 160 valence electrons. The number of amides is 1. The van der Waals surface area contributed by atoms with Crippen molar-refractivity contribution in [3.63, 3.8) is 0 Å². The van der Waals surface area contributed by atoms with Crippen LogP contribution in [0, 0.1) is 0 Å². The van der Waals surface area contributed by atoms with Crippen LogP contribution in [0.2, 0.25) is 0 Å². The summed E-state index contributed by atoms with van der Waals surface area (Å²) in [5, 5.41) is 16.0. The van der Waals surface area contributed by atoms with Crippen molar-refractivity contribution in [2.24, 2.45) is 0 Å². The van der Waals surface area contributed by atoms with E-state index in [-0.39, 0.29) is 12.7 Å². The van der Waals surface area contributed by atoms with Gasteiger partial charge in [0.1, 0.15) is 5.69 Å². The summed E-state index contributed by atoms with van der Waals surface area (Å²) in [6.45, 7) is 0.167. The second kappa shape index (κ2) is 7.72. The van der Waals surface area contributed by atoms with Gasteiger partial charge in [0.2, 0.25) is 12.6 Å². The third-order valence-corrected chi connectivity index (χ3v) is 5.23. The summed E-state index contributed by atoms with van der Waals surface area (Å²) in [6.07, 6.45) is 1.71. The van der Waals surface area contributed by atoms with Gasteiger partial charge < -0.3 is 14.8 Å². The zero-order valence-electron chi connectivity index (χ0n) is 17.2. The molecule has 1 aliphatic heterocycles. The number of hydrogen-bond donors (Lipinski definition) is 1. The van der Waals surface area contributed by atoms with Crippen molar-refractivity contribution in [3.8, 4) is 34.3 Å². The SMILES string of the molecule is O=C(Nc1ccc(-c2ccc3nnc(-c4ccccn4)n3n2)cc1)c1ccc2c(c1)OCO2. The van der Waals surface area contributed by atoms with E-state index in [2.05, 4.69) is 20.5 Å². The molecule has 9 heteroatoms. The lowest BCUT2D eigenvalue weighted by Gasteiger charge is -2.08. The van der Waals surface area contributed by atoms with Crippen LogP contribution in [0.15, 0.2) is 79.0 Å².